The lowest BCUT2D eigenvalue weighted by Gasteiger charge is -2.27. The van der Waals surface area contributed by atoms with Crippen LogP contribution in [0.1, 0.15) is 21.3 Å². The molecule has 5 rings (SSSR count). The van der Waals surface area contributed by atoms with E-state index in [0.29, 0.717) is 11.4 Å². The van der Waals surface area contributed by atoms with Crippen LogP contribution in [0.15, 0.2) is 89.8 Å². The number of aromatic nitrogens is 1. The summed E-state index contributed by atoms with van der Waals surface area (Å²) in [5, 5.41) is 12.8. The number of carboxylic acids is 1. The number of H-pyrrole nitrogens is 1. The number of hydrogen-bond acceptors (Lipinski definition) is 4. The van der Waals surface area contributed by atoms with Gasteiger partial charge in [-0.3, -0.25) is 19.3 Å². The number of nitrogens with zero attached hydrogens (tertiary/aromatic N) is 1. The minimum atomic E-state index is -1.13. The molecule has 2 atom stereocenters. The van der Waals surface area contributed by atoms with Crippen molar-refractivity contribution in [3.63, 3.8) is 0 Å². The minimum Gasteiger partial charge on any atom is -0.480 e. The highest BCUT2D eigenvalue weighted by molar-refractivity contribution is 7.99. The lowest BCUT2D eigenvalue weighted by atomic mass is 10.0. The molecule has 1 aromatic heterocycles. The van der Waals surface area contributed by atoms with Crippen LogP contribution in [0.3, 0.4) is 0 Å². The summed E-state index contributed by atoms with van der Waals surface area (Å²) in [6, 6.07) is 24.9. The average Bonchev–Trinajstić information content (AvgIpc) is 3.25. The van der Waals surface area contributed by atoms with Gasteiger partial charge in [-0.25, -0.2) is 0 Å². The van der Waals surface area contributed by atoms with E-state index < -0.39 is 35.6 Å². The molecule has 4 aromatic rings. The van der Waals surface area contributed by atoms with Crippen LogP contribution in [-0.2, 0) is 9.59 Å². The molecule has 3 aromatic carbocycles. The Balaban J connectivity index is 1.57. The second kappa shape index (κ2) is 9.07. The largest absolute Gasteiger partial charge is 0.480 e. The number of thioether (sulfide) groups is 1. The first-order chi connectivity index (χ1) is 16.5. The number of rotatable bonds is 5. The Morgan fingerprint density at radius 1 is 0.971 bits per heavy atom. The van der Waals surface area contributed by atoms with E-state index in [1.165, 1.54) is 16.7 Å². The fraction of sp³-hybridized carbons (Fsp3) is 0.115. The number of carboxylic acid groups (broad SMARTS) is 1. The maximum atomic E-state index is 13.8. The number of aromatic amines is 1. The van der Waals surface area contributed by atoms with Crippen molar-refractivity contribution in [3.05, 3.63) is 96.2 Å². The van der Waals surface area contributed by atoms with Gasteiger partial charge in [0.1, 0.15) is 18.3 Å². The molecule has 0 saturated heterocycles. The van der Waals surface area contributed by atoms with Crippen LogP contribution in [0, 0.1) is 0 Å². The van der Waals surface area contributed by atoms with Crippen molar-refractivity contribution in [3.8, 4) is 0 Å². The summed E-state index contributed by atoms with van der Waals surface area (Å²) in [5.41, 5.74) is 2.52. The number of aliphatic carboxylic acids is 1. The number of anilines is 1. The first kappa shape index (κ1) is 21.8. The second-order valence-electron chi connectivity index (χ2n) is 7.96. The van der Waals surface area contributed by atoms with Crippen molar-refractivity contribution >= 4 is 46.1 Å². The summed E-state index contributed by atoms with van der Waals surface area (Å²) < 4.78 is 0. The van der Waals surface area contributed by atoms with Gasteiger partial charge in [0, 0.05) is 15.8 Å². The van der Waals surface area contributed by atoms with Gasteiger partial charge in [-0.15, -0.1) is 11.8 Å². The quantitative estimate of drug-likeness (QED) is 0.404. The van der Waals surface area contributed by atoms with Gasteiger partial charge in [0.05, 0.1) is 10.9 Å². The Kier molecular flexibility index (Phi) is 5.81. The number of nitrogens with one attached hydrogen (secondary N) is 2. The van der Waals surface area contributed by atoms with Gasteiger partial charge in [0.15, 0.2) is 0 Å². The molecule has 0 fully saturated rings. The third kappa shape index (κ3) is 4.15. The SMILES string of the molecule is O=C(O)CN1C(=O)C(NC(=O)c2cc3ccccc3[nH]2)C(c2ccccc2)Sc2ccccc21. The highest BCUT2D eigenvalue weighted by Gasteiger charge is 2.40. The molecule has 8 heteroatoms. The van der Waals surface area contributed by atoms with E-state index >= 15 is 0 Å². The van der Waals surface area contributed by atoms with Crippen molar-refractivity contribution in [2.45, 2.75) is 16.2 Å². The first-order valence-electron chi connectivity index (χ1n) is 10.7. The number of hydrogen-bond donors (Lipinski definition) is 3. The molecular formula is C26H21N3O4S. The summed E-state index contributed by atoms with van der Waals surface area (Å²) >= 11 is 1.44. The van der Waals surface area contributed by atoms with Crippen LogP contribution in [0.25, 0.3) is 10.9 Å². The first-order valence-corrected chi connectivity index (χ1v) is 11.6. The monoisotopic (exact) mass is 471 g/mol. The molecule has 2 heterocycles. The van der Waals surface area contributed by atoms with Crippen LogP contribution >= 0.6 is 11.8 Å². The van der Waals surface area contributed by atoms with E-state index in [2.05, 4.69) is 10.3 Å². The fourth-order valence-electron chi connectivity index (χ4n) is 4.15. The molecule has 1 aliphatic heterocycles. The maximum absolute atomic E-state index is 13.8. The van der Waals surface area contributed by atoms with Gasteiger partial charge in [-0.05, 0) is 29.8 Å². The summed E-state index contributed by atoms with van der Waals surface area (Å²) in [6.07, 6.45) is 0. The third-order valence-electron chi connectivity index (χ3n) is 5.73. The van der Waals surface area contributed by atoms with Gasteiger partial charge >= 0.3 is 5.97 Å². The van der Waals surface area contributed by atoms with Crippen molar-refractivity contribution in [1.29, 1.82) is 0 Å². The molecule has 2 amide bonds. The van der Waals surface area contributed by atoms with Crippen LogP contribution in [0.2, 0.25) is 0 Å². The molecule has 34 heavy (non-hydrogen) atoms. The molecule has 1 aliphatic rings. The Labute approximate surface area is 199 Å². The van der Waals surface area contributed by atoms with E-state index in [4.69, 9.17) is 0 Å². The van der Waals surface area contributed by atoms with Crippen molar-refractivity contribution in [2.24, 2.45) is 0 Å². The molecule has 170 valence electrons. The average molecular weight is 472 g/mol. The number of fused-ring (bicyclic) bond motifs is 2. The van der Waals surface area contributed by atoms with Crippen molar-refractivity contribution < 1.29 is 19.5 Å². The number of amides is 2. The Morgan fingerprint density at radius 3 is 2.44 bits per heavy atom. The van der Waals surface area contributed by atoms with Crippen LogP contribution in [0.4, 0.5) is 5.69 Å². The zero-order chi connectivity index (χ0) is 23.7. The van der Waals surface area contributed by atoms with Crippen LogP contribution in [0.5, 0.6) is 0 Å². The van der Waals surface area contributed by atoms with Gasteiger partial charge in [-0.1, -0.05) is 60.7 Å². The van der Waals surface area contributed by atoms with Gasteiger partial charge < -0.3 is 15.4 Å². The highest BCUT2D eigenvalue weighted by atomic mass is 32.2. The standard InChI is InChI=1S/C26H21N3O4S/c30-22(31)15-29-20-12-6-7-13-21(20)34-24(16-8-2-1-3-9-16)23(26(29)33)28-25(32)19-14-17-10-4-5-11-18(17)27-19/h1-14,23-24,27H,15H2,(H,28,32)(H,30,31). The molecule has 3 N–H and O–H groups in total. The van der Waals surface area contributed by atoms with E-state index in [9.17, 15) is 19.5 Å². The van der Waals surface area contributed by atoms with E-state index in [1.807, 2.05) is 66.7 Å². The van der Waals surface area contributed by atoms with Gasteiger partial charge in [0.25, 0.3) is 11.8 Å². The molecule has 0 bridgehead atoms. The van der Waals surface area contributed by atoms with Crippen LogP contribution < -0.4 is 10.2 Å². The smallest absolute Gasteiger partial charge is 0.323 e. The topological polar surface area (TPSA) is 102 Å². The number of benzene rings is 3. The zero-order valence-corrected chi connectivity index (χ0v) is 18.8. The fourth-order valence-corrected chi connectivity index (χ4v) is 5.50. The van der Waals surface area contributed by atoms with Crippen molar-refractivity contribution in [2.75, 3.05) is 11.4 Å². The van der Waals surface area contributed by atoms with E-state index in [1.54, 1.807) is 18.2 Å². The normalized spacial score (nSPS) is 17.8. The van der Waals surface area contributed by atoms with Crippen molar-refractivity contribution in [1.82, 2.24) is 10.3 Å². The maximum Gasteiger partial charge on any atom is 0.323 e. The molecule has 0 saturated carbocycles. The van der Waals surface area contributed by atoms with E-state index in [-0.39, 0.29) is 0 Å². The predicted molar refractivity (Wildman–Crippen MR) is 131 cm³/mol. The Morgan fingerprint density at radius 2 is 1.68 bits per heavy atom. The minimum absolute atomic E-state index is 0.331. The molecule has 0 spiro atoms. The summed E-state index contributed by atoms with van der Waals surface area (Å²) in [5.74, 6) is -2.04. The third-order valence-corrected chi connectivity index (χ3v) is 7.12. The summed E-state index contributed by atoms with van der Waals surface area (Å²) in [4.78, 5) is 43.8. The molecular weight excluding hydrogens is 450 g/mol. The second-order valence-corrected chi connectivity index (χ2v) is 9.14. The number of para-hydroxylation sites is 2. The van der Waals surface area contributed by atoms with Gasteiger partial charge in [-0.2, -0.15) is 0 Å². The lowest BCUT2D eigenvalue weighted by molar-refractivity contribution is -0.136. The lowest BCUT2D eigenvalue weighted by Crippen LogP contribution is -2.51. The summed E-state index contributed by atoms with van der Waals surface area (Å²) in [7, 11) is 0. The zero-order valence-electron chi connectivity index (χ0n) is 18.0. The molecule has 0 radical (unpaired) electrons. The van der Waals surface area contributed by atoms with Crippen LogP contribution in [-0.4, -0.2) is 40.5 Å². The molecule has 2 unspecified atom stereocenters. The highest BCUT2D eigenvalue weighted by Crippen LogP contribution is 2.45. The number of carbonyl (C=O) groups is 3. The Hall–Kier alpha value is -4.04. The predicted octanol–water partition coefficient (Wildman–Crippen LogP) is 4.23. The summed E-state index contributed by atoms with van der Waals surface area (Å²) in [6.45, 7) is -0.503. The Bertz CT molecular complexity index is 1350. The number of carbonyl (C=O) groups excluding carboxylic acids is 2. The molecule has 0 aliphatic carbocycles. The van der Waals surface area contributed by atoms with E-state index in [0.717, 1.165) is 21.4 Å². The molecule has 7 nitrogen and oxygen atoms in total. The van der Waals surface area contributed by atoms with Gasteiger partial charge in [0.2, 0.25) is 0 Å².